The van der Waals surface area contributed by atoms with Crippen molar-refractivity contribution in [2.75, 3.05) is 10.6 Å². The normalized spacial score (nSPS) is 15.5. The maximum atomic E-state index is 11.3. The summed E-state index contributed by atoms with van der Waals surface area (Å²) in [7, 11) is 0. The van der Waals surface area contributed by atoms with E-state index in [9.17, 15) is 4.79 Å². The van der Waals surface area contributed by atoms with Crippen LogP contribution in [-0.2, 0) is 4.79 Å². The predicted molar refractivity (Wildman–Crippen MR) is 107 cm³/mol. The Morgan fingerprint density at radius 1 is 1.22 bits per heavy atom. The Bertz CT molecular complexity index is 1060. The fourth-order valence-corrected chi connectivity index (χ4v) is 3.55. The van der Waals surface area contributed by atoms with Gasteiger partial charge in [0.25, 0.3) is 0 Å². The number of hydrogen-bond acceptors (Lipinski definition) is 4. The number of fused-ring (bicyclic) bond motifs is 1. The first-order valence-corrected chi connectivity index (χ1v) is 8.98. The minimum Gasteiger partial charge on any atom is -0.326 e. The molecule has 0 saturated heterocycles. The van der Waals surface area contributed by atoms with Crippen molar-refractivity contribution >= 4 is 46.4 Å². The van der Waals surface area contributed by atoms with Crippen LogP contribution in [0.5, 0.6) is 0 Å². The van der Waals surface area contributed by atoms with E-state index in [2.05, 4.69) is 20.7 Å². The Labute approximate surface area is 165 Å². The highest BCUT2D eigenvalue weighted by atomic mass is 35.5. The number of nitrogens with zero attached hydrogens (tertiary/aromatic N) is 3. The smallest absolute Gasteiger partial charge is 0.226 e. The summed E-state index contributed by atoms with van der Waals surface area (Å²) in [5.74, 6) is 0.483. The van der Waals surface area contributed by atoms with Crippen molar-refractivity contribution < 1.29 is 4.79 Å². The topological polar surface area (TPSA) is 71.8 Å². The van der Waals surface area contributed by atoms with Crippen LogP contribution in [0.4, 0.5) is 11.6 Å². The van der Waals surface area contributed by atoms with E-state index in [1.54, 1.807) is 16.8 Å². The largest absolute Gasteiger partial charge is 0.326 e. The van der Waals surface area contributed by atoms with Gasteiger partial charge in [0.1, 0.15) is 12.4 Å². The molecule has 8 heteroatoms. The molecule has 1 aliphatic heterocycles. The second kappa shape index (κ2) is 7.06. The Morgan fingerprint density at radius 2 is 2.07 bits per heavy atom. The van der Waals surface area contributed by atoms with Gasteiger partial charge in [-0.15, -0.1) is 0 Å². The highest BCUT2D eigenvalue weighted by Gasteiger charge is 2.25. The van der Waals surface area contributed by atoms with E-state index >= 15 is 0 Å². The third kappa shape index (κ3) is 3.54. The van der Waals surface area contributed by atoms with E-state index in [1.807, 2.05) is 36.4 Å². The third-order valence-electron chi connectivity index (χ3n) is 4.18. The van der Waals surface area contributed by atoms with E-state index in [-0.39, 0.29) is 11.9 Å². The number of rotatable bonds is 3. The SMILES string of the molecule is CC(=O)Nc1cccc(C2=C[C@@H](c3ccc(Cl)cc3Cl)n3ncnc3N2)c1. The van der Waals surface area contributed by atoms with Gasteiger partial charge in [0, 0.05) is 28.4 Å². The van der Waals surface area contributed by atoms with Gasteiger partial charge in [0.15, 0.2) is 0 Å². The highest BCUT2D eigenvalue weighted by Crippen LogP contribution is 2.36. The molecule has 4 rings (SSSR count). The number of carbonyl (C=O) groups excluding carboxylic acids is 1. The van der Waals surface area contributed by atoms with Gasteiger partial charge < -0.3 is 10.6 Å². The summed E-state index contributed by atoms with van der Waals surface area (Å²) in [6, 6.07) is 12.7. The molecular weight excluding hydrogens is 385 g/mol. The lowest BCUT2D eigenvalue weighted by Crippen LogP contribution is -2.20. The van der Waals surface area contributed by atoms with Crippen LogP contribution in [-0.4, -0.2) is 20.7 Å². The Kier molecular flexibility index (Phi) is 4.59. The summed E-state index contributed by atoms with van der Waals surface area (Å²) in [5, 5.41) is 11.5. The average molecular weight is 400 g/mol. The molecule has 1 aromatic heterocycles. The van der Waals surface area contributed by atoms with Crippen LogP contribution < -0.4 is 10.6 Å². The van der Waals surface area contributed by atoms with Crippen LogP contribution >= 0.6 is 23.2 Å². The van der Waals surface area contributed by atoms with Crippen LogP contribution in [0.15, 0.2) is 54.9 Å². The van der Waals surface area contributed by atoms with E-state index in [0.717, 1.165) is 22.5 Å². The summed E-state index contributed by atoms with van der Waals surface area (Å²) in [4.78, 5) is 15.6. The quantitative estimate of drug-likeness (QED) is 0.674. The summed E-state index contributed by atoms with van der Waals surface area (Å²) in [6.45, 7) is 1.48. The van der Waals surface area contributed by atoms with Crippen LogP contribution in [0.2, 0.25) is 10.0 Å². The first-order valence-electron chi connectivity index (χ1n) is 8.22. The molecule has 0 fully saturated rings. The van der Waals surface area contributed by atoms with Crippen molar-refractivity contribution in [2.24, 2.45) is 0 Å². The molecular formula is C19H15Cl2N5O. The monoisotopic (exact) mass is 399 g/mol. The fourth-order valence-electron chi connectivity index (χ4n) is 3.03. The first kappa shape index (κ1) is 17.6. The van der Waals surface area contributed by atoms with E-state index in [4.69, 9.17) is 23.2 Å². The van der Waals surface area contributed by atoms with E-state index < -0.39 is 0 Å². The van der Waals surface area contributed by atoms with E-state index in [1.165, 1.54) is 13.3 Å². The molecule has 0 bridgehead atoms. The average Bonchev–Trinajstić information content (AvgIpc) is 3.09. The Morgan fingerprint density at radius 3 is 2.85 bits per heavy atom. The van der Waals surface area contributed by atoms with Gasteiger partial charge in [-0.05, 0) is 41.5 Å². The third-order valence-corrected chi connectivity index (χ3v) is 4.75. The number of benzene rings is 2. The minimum absolute atomic E-state index is 0.122. The molecule has 27 heavy (non-hydrogen) atoms. The first-order chi connectivity index (χ1) is 13.0. The second-order valence-electron chi connectivity index (χ2n) is 6.11. The van der Waals surface area contributed by atoms with Gasteiger partial charge >= 0.3 is 0 Å². The molecule has 1 aliphatic rings. The molecule has 2 heterocycles. The van der Waals surface area contributed by atoms with Crippen LogP contribution in [0.25, 0.3) is 5.70 Å². The Hall–Kier alpha value is -2.83. The van der Waals surface area contributed by atoms with Crippen molar-refractivity contribution in [1.82, 2.24) is 14.8 Å². The molecule has 0 spiro atoms. The number of allylic oxidation sites excluding steroid dienone is 1. The zero-order valence-corrected chi connectivity index (χ0v) is 15.8. The van der Waals surface area contributed by atoms with Crippen molar-refractivity contribution in [2.45, 2.75) is 13.0 Å². The molecule has 1 atom stereocenters. The lowest BCUT2D eigenvalue weighted by molar-refractivity contribution is -0.114. The minimum atomic E-state index is -0.243. The molecule has 0 saturated carbocycles. The molecule has 0 aliphatic carbocycles. The number of nitrogens with one attached hydrogen (secondary N) is 2. The number of hydrogen-bond donors (Lipinski definition) is 2. The van der Waals surface area contributed by atoms with Crippen LogP contribution in [0.3, 0.4) is 0 Å². The lowest BCUT2D eigenvalue weighted by Gasteiger charge is -2.25. The molecule has 136 valence electrons. The van der Waals surface area contributed by atoms with Gasteiger partial charge in [0.2, 0.25) is 11.9 Å². The van der Waals surface area contributed by atoms with Gasteiger partial charge in [0.05, 0.1) is 0 Å². The lowest BCUT2D eigenvalue weighted by atomic mass is 10.0. The molecule has 0 radical (unpaired) electrons. The summed E-state index contributed by atoms with van der Waals surface area (Å²) in [6.07, 6.45) is 3.51. The maximum absolute atomic E-state index is 11.3. The standard InChI is InChI=1S/C19H15Cl2N5O/c1-11(27)24-14-4-2-3-12(7-14)17-9-18(26-19(25-17)22-10-23-26)15-6-5-13(20)8-16(15)21/h2-10,18H,1H3,(H,24,27)(H,22,23,25)/t18-/m0/s1. The number of carbonyl (C=O) groups is 1. The Balaban J connectivity index is 1.78. The van der Waals surface area contributed by atoms with Gasteiger partial charge in [-0.1, -0.05) is 41.4 Å². The number of anilines is 2. The van der Waals surface area contributed by atoms with E-state index in [0.29, 0.717) is 16.0 Å². The number of amides is 1. The highest BCUT2D eigenvalue weighted by molar-refractivity contribution is 6.35. The molecule has 6 nitrogen and oxygen atoms in total. The van der Waals surface area contributed by atoms with Gasteiger partial charge in [-0.25, -0.2) is 4.68 Å². The van der Waals surface area contributed by atoms with Crippen molar-refractivity contribution in [1.29, 1.82) is 0 Å². The number of halogens is 2. The molecule has 0 unspecified atom stereocenters. The van der Waals surface area contributed by atoms with Crippen molar-refractivity contribution in [3.63, 3.8) is 0 Å². The zero-order valence-electron chi connectivity index (χ0n) is 14.3. The van der Waals surface area contributed by atoms with Crippen molar-refractivity contribution in [3.05, 3.63) is 76.0 Å². The van der Waals surface area contributed by atoms with Crippen LogP contribution in [0, 0.1) is 0 Å². The molecule has 1 amide bonds. The zero-order chi connectivity index (χ0) is 19.0. The van der Waals surface area contributed by atoms with Crippen molar-refractivity contribution in [3.8, 4) is 0 Å². The fraction of sp³-hybridized carbons (Fsp3) is 0.105. The number of aromatic nitrogens is 3. The van der Waals surface area contributed by atoms with Gasteiger partial charge in [-0.2, -0.15) is 10.1 Å². The summed E-state index contributed by atoms with van der Waals surface area (Å²) >= 11 is 12.5. The molecule has 3 aromatic rings. The summed E-state index contributed by atoms with van der Waals surface area (Å²) < 4.78 is 1.76. The second-order valence-corrected chi connectivity index (χ2v) is 6.95. The molecule has 2 N–H and O–H groups in total. The van der Waals surface area contributed by atoms with Crippen LogP contribution in [0.1, 0.15) is 24.1 Å². The maximum Gasteiger partial charge on any atom is 0.226 e. The summed E-state index contributed by atoms with van der Waals surface area (Å²) in [5.41, 5.74) is 3.34. The van der Waals surface area contributed by atoms with Gasteiger partial charge in [-0.3, -0.25) is 4.79 Å². The molecule has 2 aromatic carbocycles. The predicted octanol–water partition coefficient (Wildman–Crippen LogP) is 4.60.